The first-order valence-electron chi connectivity index (χ1n) is 6.76. The first-order valence-corrected chi connectivity index (χ1v) is 7.89. The summed E-state index contributed by atoms with van der Waals surface area (Å²) < 4.78 is 4.93. The third-order valence-electron chi connectivity index (χ3n) is 3.11. The Kier molecular flexibility index (Phi) is 5.94. The molecule has 126 valence electrons. The van der Waals surface area contributed by atoms with Gasteiger partial charge in [-0.3, -0.25) is 4.79 Å². The third kappa shape index (κ3) is 4.32. The van der Waals surface area contributed by atoms with Crippen molar-refractivity contribution in [2.24, 2.45) is 0 Å². The monoisotopic (exact) mass is 386 g/mol. The van der Waals surface area contributed by atoms with E-state index in [2.05, 4.69) is 5.32 Å². The van der Waals surface area contributed by atoms with Crippen molar-refractivity contribution in [3.63, 3.8) is 0 Å². The van der Waals surface area contributed by atoms with Gasteiger partial charge in [0.05, 0.1) is 32.0 Å². The summed E-state index contributed by atoms with van der Waals surface area (Å²) in [5.74, 6) is -1.27. The van der Waals surface area contributed by atoms with Crippen LogP contribution in [0.15, 0.2) is 30.3 Å². The smallest absolute Gasteiger partial charge is 0.338 e. The summed E-state index contributed by atoms with van der Waals surface area (Å²) in [4.78, 5) is 23.8. The normalized spacial score (nSPS) is 10.3. The molecule has 1 amide bonds. The zero-order chi connectivity index (χ0) is 17.9. The van der Waals surface area contributed by atoms with Crippen LogP contribution < -0.4 is 11.1 Å². The molecule has 2 aromatic carbocycles. The van der Waals surface area contributed by atoms with E-state index in [4.69, 9.17) is 45.3 Å². The number of aryl methyl sites for hydroxylation is 1. The van der Waals surface area contributed by atoms with E-state index in [0.29, 0.717) is 10.0 Å². The summed E-state index contributed by atoms with van der Waals surface area (Å²) in [5, 5.41) is 3.46. The van der Waals surface area contributed by atoms with Gasteiger partial charge in [-0.05, 0) is 36.8 Å². The van der Waals surface area contributed by atoms with Crippen LogP contribution in [0, 0.1) is 6.92 Å². The summed E-state index contributed by atoms with van der Waals surface area (Å²) in [6.07, 6.45) is 0. The minimum atomic E-state index is -0.699. The maximum atomic E-state index is 11.9. The van der Waals surface area contributed by atoms with Crippen LogP contribution >= 0.6 is 34.8 Å². The molecule has 8 heteroatoms. The second-order valence-electron chi connectivity index (χ2n) is 4.91. The van der Waals surface area contributed by atoms with Crippen LogP contribution in [-0.2, 0) is 9.53 Å². The quantitative estimate of drug-likeness (QED) is 0.604. The number of ether oxygens (including phenoxy) is 1. The van der Waals surface area contributed by atoms with Crippen molar-refractivity contribution in [3.05, 3.63) is 56.5 Å². The van der Waals surface area contributed by atoms with Gasteiger partial charge in [0.2, 0.25) is 0 Å². The van der Waals surface area contributed by atoms with E-state index in [0.717, 1.165) is 5.56 Å². The second-order valence-corrected chi connectivity index (χ2v) is 6.11. The van der Waals surface area contributed by atoms with Gasteiger partial charge in [-0.1, -0.05) is 40.9 Å². The van der Waals surface area contributed by atoms with Crippen LogP contribution in [0.1, 0.15) is 15.9 Å². The number of hydrogen-bond acceptors (Lipinski definition) is 4. The molecule has 3 N–H and O–H groups in total. The van der Waals surface area contributed by atoms with Gasteiger partial charge in [0, 0.05) is 0 Å². The van der Waals surface area contributed by atoms with Gasteiger partial charge in [0.1, 0.15) is 0 Å². The number of nitrogens with one attached hydrogen (secondary N) is 1. The topological polar surface area (TPSA) is 81.4 Å². The summed E-state index contributed by atoms with van der Waals surface area (Å²) >= 11 is 17.9. The minimum Gasteiger partial charge on any atom is -0.452 e. The molecule has 0 aliphatic carbocycles. The highest BCUT2D eigenvalue weighted by Gasteiger charge is 2.15. The lowest BCUT2D eigenvalue weighted by Gasteiger charge is -2.11. The van der Waals surface area contributed by atoms with Crippen LogP contribution in [0.5, 0.6) is 0 Å². The lowest BCUT2D eigenvalue weighted by Crippen LogP contribution is -2.21. The molecule has 5 nitrogen and oxygen atoms in total. The molecule has 0 radical (unpaired) electrons. The Labute approximate surface area is 153 Å². The number of carbonyl (C=O) groups excluding carboxylic acids is 2. The van der Waals surface area contributed by atoms with E-state index < -0.39 is 18.5 Å². The zero-order valence-corrected chi connectivity index (χ0v) is 14.8. The predicted molar refractivity (Wildman–Crippen MR) is 96.0 cm³/mol. The molecule has 2 aromatic rings. The molecule has 2 rings (SSSR count). The second kappa shape index (κ2) is 7.75. The maximum Gasteiger partial charge on any atom is 0.338 e. The van der Waals surface area contributed by atoms with Crippen LogP contribution in [0.2, 0.25) is 15.1 Å². The predicted octanol–water partition coefficient (Wildman–Crippen LogP) is 4.33. The molecular weight excluding hydrogens is 375 g/mol. The highest BCUT2D eigenvalue weighted by Crippen LogP contribution is 2.32. The van der Waals surface area contributed by atoms with Crippen molar-refractivity contribution in [1.29, 1.82) is 0 Å². The van der Waals surface area contributed by atoms with E-state index in [1.165, 1.54) is 18.2 Å². The minimum absolute atomic E-state index is 0.191. The number of amides is 1. The third-order valence-corrected chi connectivity index (χ3v) is 4.26. The van der Waals surface area contributed by atoms with E-state index in [-0.39, 0.29) is 22.0 Å². The molecule has 24 heavy (non-hydrogen) atoms. The first kappa shape index (κ1) is 18.4. The zero-order valence-electron chi connectivity index (χ0n) is 12.5. The Morgan fingerprint density at radius 3 is 2.46 bits per heavy atom. The van der Waals surface area contributed by atoms with Crippen LogP contribution in [0.25, 0.3) is 0 Å². The molecule has 0 unspecified atom stereocenters. The Balaban J connectivity index is 2.00. The van der Waals surface area contributed by atoms with Crippen LogP contribution in [0.4, 0.5) is 11.4 Å². The molecule has 0 saturated carbocycles. The number of rotatable bonds is 4. The average Bonchev–Trinajstić information content (AvgIpc) is 2.55. The summed E-state index contributed by atoms with van der Waals surface area (Å²) in [5.41, 5.74) is 7.08. The van der Waals surface area contributed by atoms with E-state index in [1.807, 2.05) is 0 Å². The Bertz CT molecular complexity index is 809. The van der Waals surface area contributed by atoms with Crippen molar-refractivity contribution >= 4 is 58.1 Å². The van der Waals surface area contributed by atoms with Gasteiger partial charge in [0.25, 0.3) is 5.91 Å². The SMILES string of the molecule is Cc1ccc(Cl)c(NC(=O)COC(=O)c2ccc(Cl)c(N)c2)c1Cl. The van der Waals surface area contributed by atoms with Crippen molar-refractivity contribution in [1.82, 2.24) is 0 Å². The van der Waals surface area contributed by atoms with Gasteiger partial charge in [-0.15, -0.1) is 0 Å². The standard InChI is InChI=1S/C16H13Cl3N2O3/c1-8-2-4-11(18)15(14(8)19)21-13(22)7-24-16(23)9-3-5-10(17)12(20)6-9/h2-6H,7,20H2,1H3,(H,21,22). The molecule has 0 aromatic heterocycles. The summed E-state index contributed by atoms with van der Waals surface area (Å²) in [7, 11) is 0. The molecule has 0 heterocycles. The molecule has 0 aliphatic rings. The van der Waals surface area contributed by atoms with Crippen LogP contribution in [-0.4, -0.2) is 18.5 Å². The molecule has 0 bridgehead atoms. The van der Waals surface area contributed by atoms with Crippen molar-refractivity contribution < 1.29 is 14.3 Å². The van der Waals surface area contributed by atoms with E-state index in [1.54, 1.807) is 19.1 Å². The van der Waals surface area contributed by atoms with Gasteiger partial charge in [-0.25, -0.2) is 4.79 Å². The Morgan fingerprint density at radius 2 is 1.79 bits per heavy atom. The van der Waals surface area contributed by atoms with Crippen molar-refractivity contribution in [2.45, 2.75) is 6.92 Å². The van der Waals surface area contributed by atoms with Gasteiger partial charge in [0.15, 0.2) is 6.61 Å². The van der Waals surface area contributed by atoms with Crippen molar-refractivity contribution in [3.8, 4) is 0 Å². The van der Waals surface area contributed by atoms with E-state index >= 15 is 0 Å². The molecule has 0 saturated heterocycles. The number of nitrogens with two attached hydrogens (primary N) is 1. The summed E-state index contributed by atoms with van der Waals surface area (Å²) in [6.45, 7) is 1.28. The maximum absolute atomic E-state index is 11.9. The highest BCUT2D eigenvalue weighted by atomic mass is 35.5. The van der Waals surface area contributed by atoms with Gasteiger partial charge in [-0.2, -0.15) is 0 Å². The Morgan fingerprint density at radius 1 is 1.12 bits per heavy atom. The van der Waals surface area contributed by atoms with Gasteiger partial charge < -0.3 is 15.8 Å². The van der Waals surface area contributed by atoms with Crippen LogP contribution in [0.3, 0.4) is 0 Å². The van der Waals surface area contributed by atoms with Crippen molar-refractivity contribution in [2.75, 3.05) is 17.7 Å². The largest absolute Gasteiger partial charge is 0.452 e. The van der Waals surface area contributed by atoms with E-state index in [9.17, 15) is 9.59 Å². The number of esters is 1. The average molecular weight is 388 g/mol. The Hall–Kier alpha value is -1.95. The first-order chi connectivity index (χ1) is 11.3. The number of nitrogen functional groups attached to an aromatic ring is 1. The lowest BCUT2D eigenvalue weighted by atomic mass is 10.2. The highest BCUT2D eigenvalue weighted by molar-refractivity contribution is 6.40. The number of carbonyl (C=O) groups is 2. The molecule has 0 spiro atoms. The fourth-order valence-corrected chi connectivity index (χ4v) is 2.41. The summed E-state index contributed by atoms with van der Waals surface area (Å²) in [6, 6.07) is 7.64. The number of benzene rings is 2. The fourth-order valence-electron chi connectivity index (χ4n) is 1.83. The number of anilines is 2. The number of hydrogen-bond donors (Lipinski definition) is 2. The lowest BCUT2D eigenvalue weighted by molar-refractivity contribution is -0.119. The molecule has 0 fully saturated rings. The molecular formula is C16H13Cl3N2O3. The fraction of sp³-hybridized carbons (Fsp3) is 0.125. The number of halogens is 3. The van der Waals surface area contributed by atoms with Gasteiger partial charge >= 0.3 is 5.97 Å². The molecule has 0 aliphatic heterocycles. The molecule has 0 atom stereocenters.